The quantitative estimate of drug-likeness (QED) is 0.871. The van der Waals surface area contributed by atoms with Gasteiger partial charge in [-0.3, -0.25) is 9.48 Å². The molecule has 3 N–H and O–H groups in total. The van der Waals surface area contributed by atoms with Gasteiger partial charge in [-0.15, -0.1) is 0 Å². The number of carbonyl (C=O) groups is 1. The Kier molecular flexibility index (Phi) is 2.85. The summed E-state index contributed by atoms with van der Waals surface area (Å²) in [5, 5.41) is 7.29. The molecule has 1 aromatic heterocycles. The Morgan fingerprint density at radius 1 is 1.40 bits per heavy atom. The summed E-state index contributed by atoms with van der Waals surface area (Å²) >= 11 is 0. The topological polar surface area (TPSA) is 76.2 Å². The van der Waals surface area contributed by atoms with Gasteiger partial charge in [-0.2, -0.15) is 5.10 Å². The zero-order chi connectivity index (χ0) is 14.3. The van der Waals surface area contributed by atoms with Crippen LogP contribution in [0, 0.1) is 0 Å². The SMILES string of the molecule is CCc1nn(C)c(N2CC(=O)Nc3ccccc32)c1N. The molecular formula is C14H17N5O. The van der Waals surface area contributed by atoms with E-state index in [0.717, 1.165) is 29.3 Å². The normalized spacial score (nSPS) is 14.1. The predicted octanol–water partition coefficient (Wildman–Crippen LogP) is 1.65. The van der Waals surface area contributed by atoms with Gasteiger partial charge in [0.2, 0.25) is 5.91 Å². The number of rotatable bonds is 2. The summed E-state index contributed by atoms with van der Waals surface area (Å²) in [4.78, 5) is 13.8. The molecule has 0 spiro atoms. The van der Waals surface area contributed by atoms with E-state index < -0.39 is 0 Å². The van der Waals surface area contributed by atoms with E-state index in [4.69, 9.17) is 5.73 Å². The molecule has 104 valence electrons. The molecule has 2 heterocycles. The lowest BCUT2D eigenvalue weighted by Gasteiger charge is -2.30. The van der Waals surface area contributed by atoms with Crippen LogP contribution in [0.25, 0.3) is 0 Å². The Morgan fingerprint density at radius 2 is 2.15 bits per heavy atom. The number of nitrogens with two attached hydrogens (primary N) is 1. The van der Waals surface area contributed by atoms with Crippen LogP contribution in [0.1, 0.15) is 12.6 Å². The number of hydrogen-bond acceptors (Lipinski definition) is 4. The van der Waals surface area contributed by atoms with Crippen LogP contribution in [0.4, 0.5) is 22.9 Å². The van der Waals surface area contributed by atoms with Gasteiger partial charge in [0, 0.05) is 7.05 Å². The Bertz CT molecular complexity index is 676. The Hall–Kier alpha value is -2.50. The van der Waals surface area contributed by atoms with Crippen molar-refractivity contribution in [3.63, 3.8) is 0 Å². The van der Waals surface area contributed by atoms with E-state index in [-0.39, 0.29) is 12.5 Å². The number of benzene rings is 1. The fourth-order valence-corrected chi connectivity index (χ4v) is 2.59. The molecule has 0 fully saturated rings. The van der Waals surface area contributed by atoms with E-state index in [1.807, 2.05) is 43.1 Å². The lowest BCUT2D eigenvalue weighted by molar-refractivity contribution is -0.115. The number of nitrogens with one attached hydrogen (secondary N) is 1. The van der Waals surface area contributed by atoms with Crippen LogP contribution in [0.2, 0.25) is 0 Å². The highest BCUT2D eigenvalue weighted by Crippen LogP contribution is 2.38. The van der Waals surface area contributed by atoms with Crippen LogP contribution in [-0.4, -0.2) is 22.2 Å². The first-order chi connectivity index (χ1) is 9.61. The summed E-state index contributed by atoms with van der Waals surface area (Å²) in [6.45, 7) is 2.25. The third-order valence-corrected chi connectivity index (χ3v) is 3.49. The second-order valence-electron chi connectivity index (χ2n) is 4.81. The van der Waals surface area contributed by atoms with Crippen LogP contribution in [-0.2, 0) is 18.3 Å². The first-order valence-corrected chi connectivity index (χ1v) is 6.59. The number of para-hydroxylation sites is 2. The van der Waals surface area contributed by atoms with Crippen molar-refractivity contribution in [3.05, 3.63) is 30.0 Å². The second-order valence-corrected chi connectivity index (χ2v) is 4.81. The van der Waals surface area contributed by atoms with Crippen molar-refractivity contribution in [1.29, 1.82) is 0 Å². The average Bonchev–Trinajstić information content (AvgIpc) is 2.72. The number of carbonyl (C=O) groups excluding carboxylic acids is 1. The highest BCUT2D eigenvalue weighted by Gasteiger charge is 2.27. The van der Waals surface area contributed by atoms with Crippen LogP contribution in [0.15, 0.2) is 24.3 Å². The minimum Gasteiger partial charge on any atom is -0.394 e. The van der Waals surface area contributed by atoms with Crippen molar-refractivity contribution in [2.45, 2.75) is 13.3 Å². The first-order valence-electron chi connectivity index (χ1n) is 6.59. The van der Waals surface area contributed by atoms with Crippen molar-refractivity contribution in [2.24, 2.45) is 7.05 Å². The first kappa shape index (κ1) is 12.5. The third-order valence-electron chi connectivity index (χ3n) is 3.49. The van der Waals surface area contributed by atoms with Gasteiger partial charge in [0.25, 0.3) is 0 Å². The molecule has 1 aromatic carbocycles. The van der Waals surface area contributed by atoms with Gasteiger partial charge in [0.05, 0.1) is 22.8 Å². The zero-order valence-corrected chi connectivity index (χ0v) is 11.6. The van der Waals surface area contributed by atoms with Gasteiger partial charge >= 0.3 is 0 Å². The molecule has 6 nitrogen and oxygen atoms in total. The number of amides is 1. The van der Waals surface area contributed by atoms with Gasteiger partial charge in [0.15, 0.2) is 5.82 Å². The highest BCUT2D eigenvalue weighted by atomic mass is 16.2. The van der Waals surface area contributed by atoms with E-state index in [2.05, 4.69) is 10.4 Å². The molecule has 0 atom stereocenters. The summed E-state index contributed by atoms with van der Waals surface area (Å²) in [6.07, 6.45) is 0.765. The fourth-order valence-electron chi connectivity index (χ4n) is 2.59. The van der Waals surface area contributed by atoms with Gasteiger partial charge in [-0.05, 0) is 18.6 Å². The number of aryl methyl sites for hydroxylation is 2. The molecule has 0 unspecified atom stereocenters. The van der Waals surface area contributed by atoms with Gasteiger partial charge in [0.1, 0.15) is 6.54 Å². The van der Waals surface area contributed by atoms with E-state index in [9.17, 15) is 4.79 Å². The fraction of sp³-hybridized carbons (Fsp3) is 0.286. The molecule has 20 heavy (non-hydrogen) atoms. The van der Waals surface area contributed by atoms with Crippen molar-refractivity contribution in [2.75, 3.05) is 22.5 Å². The van der Waals surface area contributed by atoms with Crippen LogP contribution >= 0.6 is 0 Å². The Morgan fingerprint density at radius 3 is 2.85 bits per heavy atom. The molecule has 0 saturated carbocycles. The Labute approximate surface area is 117 Å². The van der Waals surface area contributed by atoms with Crippen molar-refractivity contribution in [1.82, 2.24) is 9.78 Å². The maximum absolute atomic E-state index is 11.9. The number of hydrogen-bond donors (Lipinski definition) is 2. The lowest BCUT2D eigenvalue weighted by atomic mass is 10.2. The highest BCUT2D eigenvalue weighted by molar-refractivity contribution is 6.03. The third kappa shape index (κ3) is 1.80. The monoisotopic (exact) mass is 271 g/mol. The van der Waals surface area contributed by atoms with Crippen molar-refractivity contribution in [3.8, 4) is 0 Å². The second kappa shape index (κ2) is 4.56. The zero-order valence-electron chi connectivity index (χ0n) is 11.6. The maximum Gasteiger partial charge on any atom is 0.244 e. The molecule has 0 radical (unpaired) electrons. The number of nitrogen functional groups attached to an aromatic ring is 1. The number of fused-ring (bicyclic) bond motifs is 1. The van der Waals surface area contributed by atoms with Crippen molar-refractivity contribution < 1.29 is 4.79 Å². The predicted molar refractivity (Wildman–Crippen MR) is 79.1 cm³/mol. The minimum atomic E-state index is -0.0534. The van der Waals surface area contributed by atoms with Crippen LogP contribution < -0.4 is 16.0 Å². The van der Waals surface area contributed by atoms with E-state index in [1.165, 1.54) is 0 Å². The molecule has 1 aliphatic rings. The standard InChI is InChI=1S/C14H17N5O/c1-3-9-13(15)14(18(2)17-9)19-8-12(20)16-10-6-4-5-7-11(10)19/h4-7H,3,8,15H2,1-2H3,(H,16,20). The summed E-state index contributed by atoms with van der Waals surface area (Å²) in [5.41, 5.74) is 9.41. The molecule has 3 rings (SSSR count). The average molecular weight is 271 g/mol. The summed E-state index contributed by atoms with van der Waals surface area (Å²) in [7, 11) is 1.85. The van der Waals surface area contributed by atoms with E-state index >= 15 is 0 Å². The van der Waals surface area contributed by atoms with E-state index in [1.54, 1.807) is 4.68 Å². The minimum absolute atomic E-state index is 0.0534. The molecule has 0 saturated heterocycles. The molecular weight excluding hydrogens is 254 g/mol. The smallest absolute Gasteiger partial charge is 0.244 e. The number of anilines is 4. The molecule has 1 aliphatic heterocycles. The summed E-state index contributed by atoms with van der Waals surface area (Å²) in [6, 6.07) is 7.68. The van der Waals surface area contributed by atoms with Crippen molar-refractivity contribution >= 4 is 28.8 Å². The largest absolute Gasteiger partial charge is 0.394 e. The number of nitrogens with zero attached hydrogens (tertiary/aromatic N) is 3. The molecule has 0 aliphatic carbocycles. The summed E-state index contributed by atoms with van der Waals surface area (Å²) < 4.78 is 1.74. The van der Waals surface area contributed by atoms with E-state index in [0.29, 0.717) is 5.69 Å². The Balaban J connectivity index is 2.16. The molecule has 6 heteroatoms. The number of aromatic nitrogens is 2. The molecule has 1 amide bonds. The van der Waals surface area contributed by atoms with Crippen LogP contribution in [0.5, 0.6) is 0 Å². The molecule has 2 aromatic rings. The van der Waals surface area contributed by atoms with Gasteiger partial charge in [-0.25, -0.2) is 0 Å². The maximum atomic E-state index is 11.9. The van der Waals surface area contributed by atoms with Gasteiger partial charge < -0.3 is 16.0 Å². The summed E-state index contributed by atoms with van der Waals surface area (Å²) in [5.74, 6) is 0.714. The lowest BCUT2D eigenvalue weighted by Crippen LogP contribution is -2.36. The van der Waals surface area contributed by atoms with Gasteiger partial charge in [-0.1, -0.05) is 19.1 Å². The van der Waals surface area contributed by atoms with Crippen LogP contribution in [0.3, 0.4) is 0 Å². The molecule has 0 bridgehead atoms.